The monoisotopic (exact) mass is 365 g/mol. The zero-order valence-corrected chi connectivity index (χ0v) is 15.6. The van der Waals surface area contributed by atoms with Gasteiger partial charge in [0.05, 0.1) is 17.1 Å². The molecule has 10 nitrogen and oxygen atoms in total. The molecule has 0 spiro atoms. The van der Waals surface area contributed by atoms with E-state index in [0.29, 0.717) is 37.9 Å². The van der Waals surface area contributed by atoms with Crippen LogP contribution in [0.15, 0.2) is 0 Å². The largest absolute Gasteiger partial charge is 0.378 e. The highest BCUT2D eigenvalue weighted by atomic mass is 16.6. The summed E-state index contributed by atoms with van der Waals surface area (Å²) in [4.78, 5) is 26.1. The van der Waals surface area contributed by atoms with E-state index in [0.717, 1.165) is 19.6 Å². The molecular formula is C16H27N7O3. The van der Waals surface area contributed by atoms with Gasteiger partial charge in [-0.3, -0.25) is 10.1 Å². The van der Waals surface area contributed by atoms with E-state index >= 15 is 0 Å². The van der Waals surface area contributed by atoms with Crippen molar-refractivity contribution >= 4 is 23.3 Å². The summed E-state index contributed by atoms with van der Waals surface area (Å²) >= 11 is 0. The van der Waals surface area contributed by atoms with E-state index < -0.39 is 4.92 Å². The molecule has 0 aromatic carbocycles. The molecule has 0 bridgehead atoms. The standard InChI is InChI=1S/C16H27N7O3/c1-4-20-5-7-21(8-6-20)15-13(23(24)25)14(17)18-16(19-15)22-9-11(2)26-12(3)10-22/h11-12H,4-10H2,1-3H3,(H2,17,18,19)/t11-,12+. The minimum absolute atomic E-state index is 0.0373. The molecule has 3 rings (SSSR count). The van der Waals surface area contributed by atoms with Gasteiger partial charge in [0.25, 0.3) is 0 Å². The number of nitrogens with two attached hydrogens (primary N) is 1. The minimum Gasteiger partial charge on any atom is -0.378 e. The maximum atomic E-state index is 11.6. The maximum absolute atomic E-state index is 11.6. The molecule has 2 fully saturated rings. The highest BCUT2D eigenvalue weighted by Crippen LogP contribution is 2.34. The van der Waals surface area contributed by atoms with Crippen molar-refractivity contribution in [3.63, 3.8) is 0 Å². The molecule has 0 aliphatic carbocycles. The summed E-state index contributed by atoms with van der Waals surface area (Å²) in [6.07, 6.45) is 0.0747. The summed E-state index contributed by atoms with van der Waals surface area (Å²) in [5.41, 5.74) is 5.77. The molecule has 1 aromatic rings. The number of ether oxygens (including phenoxy) is 1. The Morgan fingerprint density at radius 2 is 1.77 bits per heavy atom. The lowest BCUT2D eigenvalue weighted by molar-refractivity contribution is -0.383. The molecule has 2 saturated heterocycles. The van der Waals surface area contributed by atoms with Gasteiger partial charge in [0, 0.05) is 39.3 Å². The number of nitro groups is 1. The van der Waals surface area contributed by atoms with Gasteiger partial charge in [-0.25, -0.2) is 0 Å². The van der Waals surface area contributed by atoms with Gasteiger partial charge in [-0.2, -0.15) is 9.97 Å². The Labute approximate surface area is 153 Å². The zero-order chi connectivity index (χ0) is 18.8. The van der Waals surface area contributed by atoms with Crippen LogP contribution in [0.4, 0.5) is 23.3 Å². The Morgan fingerprint density at radius 3 is 2.31 bits per heavy atom. The van der Waals surface area contributed by atoms with Crippen LogP contribution in [0.25, 0.3) is 0 Å². The molecule has 144 valence electrons. The molecule has 0 radical (unpaired) electrons. The average Bonchev–Trinajstić information content (AvgIpc) is 2.60. The first kappa shape index (κ1) is 18.6. The van der Waals surface area contributed by atoms with Crippen molar-refractivity contribution in [2.75, 3.05) is 61.3 Å². The summed E-state index contributed by atoms with van der Waals surface area (Å²) in [7, 11) is 0. The lowest BCUT2D eigenvalue weighted by Crippen LogP contribution is -2.48. The van der Waals surface area contributed by atoms with E-state index in [2.05, 4.69) is 21.8 Å². The van der Waals surface area contributed by atoms with Gasteiger partial charge < -0.3 is 25.2 Å². The van der Waals surface area contributed by atoms with Crippen LogP contribution in [0.3, 0.4) is 0 Å². The number of anilines is 3. The fourth-order valence-corrected chi connectivity index (χ4v) is 3.60. The lowest BCUT2D eigenvalue weighted by Gasteiger charge is -2.37. The molecule has 2 N–H and O–H groups in total. The predicted molar refractivity (Wildman–Crippen MR) is 99.6 cm³/mol. The van der Waals surface area contributed by atoms with Crippen LogP contribution in [0.5, 0.6) is 0 Å². The first-order chi connectivity index (χ1) is 12.4. The second-order valence-corrected chi connectivity index (χ2v) is 6.92. The first-order valence-electron chi connectivity index (χ1n) is 9.08. The van der Waals surface area contributed by atoms with E-state index in [-0.39, 0.29) is 23.7 Å². The number of nitrogens with zero attached hydrogens (tertiary/aromatic N) is 6. The predicted octanol–water partition coefficient (Wildman–Crippen LogP) is 0.723. The molecule has 2 atom stereocenters. The van der Waals surface area contributed by atoms with E-state index in [1.807, 2.05) is 23.6 Å². The van der Waals surface area contributed by atoms with E-state index in [9.17, 15) is 10.1 Å². The van der Waals surface area contributed by atoms with Crippen molar-refractivity contribution in [1.29, 1.82) is 0 Å². The first-order valence-corrected chi connectivity index (χ1v) is 9.08. The number of hydrogen-bond donors (Lipinski definition) is 1. The maximum Gasteiger partial charge on any atom is 0.353 e. The van der Waals surface area contributed by atoms with Gasteiger partial charge in [0.2, 0.25) is 17.6 Å². The Balaban J connectivity index is 1.93. The van der Waals surface area contributed by atoms with Crippen LogP contribution in [0.1, 0.15) is 20.8 Å². The molecule has 0 unspecified atom stereocenters. The molecular weight excluding hydrogens is 338 g/mol. The minimum atomic E-state index is -0.481. The van der Waals surface area contributed by atoms with Gasteiger partial charge in [-0.15, -0.1) is 0 Å². The third-order valence-electron chi connectivity index (χ3n) is 4.88. The summed E-state index contributed by atoms with van der Waals surface area (Å²) < 4.78 is 5.75. The summed E-state index contributed by atoms with van der Waals surface area (Å²) in [6, 6.07) is 0. The van der Waals surface area contributed by atoms with Gasteiger partial charge in [0.1, 0.15) is 0 Å². The Hall–Kier alpha value is -2.20. The molecule has 0 saturated carbocycles. The molecule has 2 aliphatic heterocycles. The normalized spacial score (nSPS) is 24.7. The van der Waals surface area contributed by atoms with Crippen molar-refractivity contribution in [3.05, 3.63) is 10.1 Å². The summed E-state index contributed by atoms with van der Waals surface area (Å²) in [5, 5.41) is 11.6. The fraction of sp³-hybridized carbons (Fsp3) is 0.750. The SMILES string of the molecule is CCN1CCN(c2nc(N3C[C@@H](C)O[C@@H](C)C3)nc(N)c2[N+](=O)[O-])CC1. The Kier molecular flexibility index (Phi) is 5.42. The highest BCUT2D eigenvalue weighted by Gasteiger charge is 2.32. The third kappa shape index (κ3) is 3.80. The van der Waals surface area contributed by atoms with Crippen LogP contribution in [0.2, 0.25) is 0 Å². The Morgan fingerprint density at radius 1 is 1.15 bits per heavy atom. The van der Waals surface area contributed by atoms with E-state index in [4.69, 9.17) is 10.5 Å². The molecule has 2 aliphatic rings. The number of likely N-dealkylation sites (N-methyl/N-ethyl adjacent to an activating group) is 1. The lowest BCUT2D eigenvalue weighted by atomic mass is 10.2. The van der Waals surface area contributed by atoms with Crippen molar-refractivity contribution in [3.8, 4) is 0 Å². The zero-order valence-electron chi connectivity index (χ0n) is 15.6. The Bertz CT molecular complexity index is 653. The van der Waals surface area contributed by atoms with Crippen molar-refractivity contribution in [2.45, 2.75) is 33.0 Å². The van der Waals surface area contributed by atoms with Crippen LogP contribution in [0, 0.1) is 10.1 Å². The van der Waals surface area contributed by atoms with Crippen molar-refractivity contribution < 1.29 is 9.66 Å². The van der Waals surface area contributed by atoms with Crippen molar-refractivity contribution in [2.24, 2.45) is 0 Å². The smallest absolute Gasteiger partial charge is 0.353 e. The van der Waals surface area contributed by atoms with Gasteiger partial charge in [0.15, 0.2) is 0 Å². The number of aromatic nitrogens is 2. The molecule has 0 amide bonds. The van der Waals surface area contributed by atoms with E-state index in [1.165, 1.54) is 0 Å². The number of morpholine rings is 1. The molecule has 3 heterocycles. The van der Waals surface area contributed by atoms with Crippen LogP contribution in [-0.4, -0.2) is 77.8 Å². The van der Waals surface area contributed by atoms with Crippen LogP contribution in [-0.2, 0) is 4.74 Å². The molecule has 1 aromatic heterocycles. The third-order valence-corrected chi connectivity index (χ3v) is 4.88. The number of hydrogen-bond acceptors (Lipinski definition) is 9. The fourth-order valence-electron chi connectivity index (χ4n) is 3.60. The second-order valence-electron chi connectivity index (χ2n) is 6.92. The van der Waals surface area contributed by atoms with Gasteiger partial charge >= 0.3 is 5.69 Å². The second kappa shape index (κ2) is 7.58. The van der Waals surface area contributed by atoms with Gasteiger partial charge in [-0.1, -0.05) is 6.92 Å². The molecule has 26 heavy (non-hydrogen) atoms. The number of nitrogen functional groups attached to an aromatic ring is 1. The quantitative estimate of drug-likeness (QED) is 0.609. The van der Waals surface area contributed by atoms with Crippen LogP contribution < -0.4 is 15.5 Å². The topological polar surface area (TPSA) is 114 Å². The number of rotatable bonds is 4. The highest BCUT2D eigenvalue weighted by molar-refractivity contribution is 5.71. The van der Waals surface area contributed by atoms with E-state index in [1.54, 1.807) is 0 Å². The van der Waals surface area contributed by atoms with Crippen LogP contribution >= 0.6 is 0 Å². The van der Waals surface area contributed by atoms with Gasteiger partial charge in [-0.05, 0) is 20.4 Å². The molecule has 10 heteroatoms. The average molecular weight is 365 g/mol. The summed E-state index contributed by atoms with van der Waals surface area (Å²) in [6.45, 7) is 11.4. The summed E-state index contributed by atoms with van der Waals surface area (Å²) in [5.74, 6) is 0.669. The number of piperazine rings is 1. The van der Waals surface area contributed by atoms with Crippen molar-refractivity contribution in [1.82, 2.24) is 14.9 Å².